The van der Waals surface area contributed by atoms with Gasteiger partial charge in [0.1, 0.15) is 0 Å². The molecule has 20 heavy (non-hydrogen) atoms. The predicted molar refractivity (Wildman–Crippen MR) is 76.8 cm³/mol. The monoisotopic (exact) mass is 266 g/mol. The number of nitriles is 1. The van der Waals surface area contributed by atoms with Crippen LogP contribution in [0.2, 0.25) is 0 Å². The molecule has 3 rings (SSSR count). The molecule has 102 valence electrons. The Bertz CT molecular complexity index is 597. The molecule has 2 heterocycles. The lowest BCUT2D eigenvalue weighted by molar-refractivity contribution is 0.219. The van der Waals surface area contributed by atoms with Crippen LogP contribution in [-0.4, -0.2) is 27.3 Å². The summed E-state index contributed by atoms with van der Waals surface area (Å²) in [6, 6.07) is 12.7. The molecule has 1 aliphatic rings. The van der Waals surface area contributed by atoms with Gasteiger partial charge in [0.05, 0.1) is 18.2 Å². The van der Waals surface area contributed by atoms with Crippen molar-refractivity contribution in [2.24, 2.45) is 0 Å². The van der Waals surface area contributed by atoms with Crippen LogP contribution >= 0.6 is 0 Å². The molecule has 1 fully saturated rings. The smallest absolute Gasteiger partial charge is 0.0995 e. The van der Waals surface area contributed by atoms with E-state index in [4.69, 9.17) is 0 Å². The highest BCUT2D eigenvalue weighted by Crippen LogP contribution is 2.22. The third-order valence-electron chi connectivity index (χ3n) is 3.97. The van der Waals surface area contributed by atoms with E-state index in [1.807, 2.05) is 41.3 Å². The van der Waals surface area contributed by atoms with Gasteiger partial charge in [0, 0.05) is 25.0 Å². The van der Waals surface area contributed by atoms with E-state index < -0.39 is 0 Å². The van der Waals surface area contributed by atoms with E-state index in [-0.39, 0.29) is 0 Å². The lowest BCUT2D eigenvalue weighted by Gasteiger charge is -2.24. The summed E-state index contributed by atoms with van der Waals surface area (Å²) in [5.41, 5.74) is 1.92. The Morgan fingerprint density at radius 1 is 1.30 bits per heavy atom. The van der Waals surface area contributed by atoms with Crippen LogP contribution in [0.3, 0.4) is 0 Å². The highest BCUT2D eigenvalue weighted by Gasteiger charge is 2.25. The van der Waals surface area contributed by atoms with Gasteiger partial charge in [0.25, 0.3) is 0 Å². The summed E-state index contributed by atoms with van der Waals surface area (Å²) in [5, 5.41) is 13.5. The minimum Gasteiger partial charge on any atom is -0.294 e. The molecule has 1 aliphatic heterocycles. The first-order valence-corrected chi connectivity index (χ1v) is 7.06. The van der Waals surface area contributed by atoms with Crippen molar-refractivity contribution >= 4 is 0 Å². The Labute approximate surface area is 119 Å². The van der Waals surface area contributed by atoms with Gasteiger partial charge < -0.3 is 0 Å². The van der Waals surface area contributed by atoms with E-state index in [0.29, 0.717) is 6.04 Å². The summed E-state index contributed by atoms with van der Waals surface area (Å²) in [7, 11) is 0. The second-order valence-electron chi connectivity index (χ2n) is 5.26. The molecule has 0 amide bonds. The van der Waals surface area contributed by atoms with E-state index in [2.05, 4.69) is 22.1 Å². The maximum atomic E-state index is 9.18. The molecule has 0 saturated carbocycles. The van der Waals surface area contributed by atoms with Crippen molar-refractivity contribution in [3.8, 4) is 6.07 Å². The fourth-order valence-corrected chi connectivity index (χ4v) is 2.92. The van der Waals surface area contributed by atoms with Gasteiger partial charge in [0.2, 0.25) is 0 Å². The largest absolute Gasteiger partial charge is 0.294 e. The summed E-state index contributed by atoms with van der Waals surface area (Å²) in [6.45, 7) is 2.89. The highest BCUT2D eigenvalue weighted by atomic mass is 15.3. The second-order valence-corrected chi connectivity index (χ2v) is 5.26. The van der Waals surface area contributed by atoms with Gasteiger partial charge in [-0.3, -0.25) is 9.58 Å². The predicted octanol–water partition coefficient (Wildman–Crippen LogP) is 2.42. The molecule has 0 spiro atoms. The number of hydrogen-bond donors (Lipinski definition) is 0. The first kappa shape index (κ1) is 12.9. The second kappa shape index (κ2) is 5.89. The average Bonchev–Trinajstić information content (AvgIpc) is 3.13. The van der Waals surface area contributed by atoms with Crippen molar-refractivity contribution < 1.29 is 0 Å². The molecule has 2 aromatic rings. The third-order valence-corrected chi connectivity index (χ3v) is 3.97. The summed E-state index contributed by atoms with van der Waals surface area (Å²) >= 11 is 0. The van der Waals surface area contributed by atoms with E-state index in [1.165, 1.54) is 12.8 Å². The summed E-state index contributed by atoms with van der Waals surface area (Å²) in [4.78, 5) is 2.47. The van der Waals surface area contributed by atoms with Crippen LogP contribution in [0.25, 0.3) is 0 Å². The van der Waals surface area contributed by atoms with E-state index in [0.717, 1.165) is 30.8 Å². The lowest BCUT2D eigenvalue weighted by atomic mass is 10.1. The van der Waals surface area contributed by atoms with Crippen molar-refractivity contribution in [3.05, 3.63) is 53.9 Å². The van der Waals surface area contributed by atoms with Gasteiger partial charge in [-0.1, -0.05) is 18.2 Å². The number of nitrogens with zero attached hydrogens (tertiary/aromatic N) is 4. The molecular formula is C16H18N4. The number of rotatable bonds is 4. The number of benzene rings is 1. The third kappa shape index (κ3) is 2.73. The van der Waals surface area contributed by atoms with Crippen molar-refractivity contribution in [1.29, 1.82) is 5.26 Å². The Morgan fingerprint density at radius 2 is 2.20 bits per heavy atom. The first-order chi connectivity index (χ1) is 9.86. The molecule has 0 unspecified atom stereocenters. The van der Waals surface area contributed by atoms with Crippen molar-refractivity contribution in [2.75, 3.05) is 6.54 Å². The average molecular weight is 266 g/mol. The van der Waals surface area contributed by atoms with Crippen molar-refractivity contribution in [2.45, 2.75) is 32.0 Å². The topological polar surface area (TPSA) is 44.9 Å². The highest BCUT2D eigenvalue weighted by molar-refractivity contribution is 5.37. The van der Waals surface area contributed by atoms with Crippen molar-refractivity contribution in [1.82, 2.24) is 14.7 Å². The van der Waals surface area contributed by atoms with Gasteiger partial charge in [-0.25, -0.2) is 0 Å². The Morgan fingerprint density at radius 3 is 3.00 bits per heavy atom. The quantitative estimate of drug-likeness (QED) is 0.853. The van der Waals surface area contributed by atoms with Gasteiger partial charge in [-0.05, 0) is 37.1 Å². The van der Waals surface area contributed by atoms with Gasteiger partial charge >= 0.3 is 0 Å². The Balaban J connectivity index is 1.71. The van der Waals surface area contributed by atoms with Crippen LogP contribution in [0.4, 0.5) is 0 Å². The lowest BCUT2D eigenvalue weighted by Crippen LogP contribution is -2.32. The Kier molecular flexibility index (Phi) is 3.80. The van der Waals surface area contributed by atoms with Crippen LogP contribution in [0.15, 0.2) is 42.7 Å². The van der Waals surface area contributed by atoms with E-state index in [1.54, 1.807) is 0 Å². The van der Waals surface area contributed by atoms with Crippen LogP contribution in [0, 0.1) is 11.3 Å². The zero-order valence-electron chi connectivity index (χ0n) is 11.4. The minimum atomic E-state index is 0.515. The fraction of sp³-hybridized carbons (Fsp3) is 0.375. The van der Waals surface area contributed by atoms with Gasteiger partial charge in [-0.2, -0.15) is 10.4 Å². The molecule has 1 aromatic heterocycles. The summed E-state index contributed by atoms with van der Waals surface area (Å²) < 4.78 is 2.00. The zero-order valence-corrected chi connectivity index (χ0v) is 11.4. The van der Waals surface area contributed by atoms with Crippen molar-refractivity contribution in [3.63, 3.8) is 0 Å². The summed E-state index contributed by atoms with van der Waals surface area (Å²) in [6.07, 6.45) is 6.26. The molecule has 4 heteroatoms. The number of likely N-dealkylation sites (tertiary alicyclic amines) is 1. The molecular weight excluding hydrogens is 248 g/mol. The van der Waals surface area contributed by atoms with E-state index in [9.17, 15) is 5.26 Å². The molecule has 1 atom stereocenters. The maximum absolute atomic E-state index is 9.18. The fourth-order valence-electron chi connectivity index (χ4n) is 2.92. The molecule has 0 radical (unpaired) electrons. The minimum absolute atomic E-state index is 0.515. The molecule has 0 N–H and O–H groups in total. The zero-order chi connectivity index (χ0) is 13.8. The van der Waals surface area contributed by atoms with E-state index >= 15 is 0 Å². The number of aromatic nitrogens is 2. The SMILES string of the molecule is N#Cc1ccccc1CN1CCC[C@@H]1Cn1cccn1. The van der Waals surface area contributed by atoms with Crippen LogP contribution in [0.5, 0.6) is 0 Å². The van der Waals surface area contributed by atoms with Crippen LogP contribution < -0.4 is 0 Å². The molecule has 1 saturated heterocycles. The summed E-state index contributed by atoms with van der Waals surface area (Å²) in [5.74, 6) is 0. The standard InChI is InChI=1S/C16H18N4/c17-11-14-5-1-2-6-15(14)12-19-9-3-7-16(19)13-20-10-4-8-18-20/h1-2,4-6,8,10,16H,3,7,9,12-13H2/t16-/m1/s1. The van der Waals surface area contributed by atoms with Crippen LogP contribution in [0.1, 0.15) is 24.0 Å². The first-order valence-electron chi connectivity index (χ1n) is 7.06. The maximum Gasteiger partial charge on any atom is 0.0995 e. The van der Waals surface area contributed by atoms with Crippen LogP contribution in [-0.2, 0) is 13.1 Å². The van der Waals surface area contributed by atoms with Gasteiger partial charge in [-0.15, -0.1) is 0 Å². The molecule has 0 bridgehead atoms. The normalized spacial score (nSPS) is 19.1. The molecule has 1 aromatic carbocycles. The molecule has 0 aliphatic carbocycles. The number of hydrogen-bond acceptors (Lipinski definition) is 3. The van der Waals surface area contributed by atoms with Gasteiger partial charge in [0.15, 0.2) is 0 Å². The Hall–Kier alpha value is -2.12. The molecule has 4 nitrogen and oxygen atoms in total.